The van der Waals surface area contributed by atoms with Crippen molar-refractivity contribution in [2.45, 2.75) is 32.4 Å². The second kappa shape index (κ2) is 8.27. The minimum atomic E-state index is -2.84. The van der Waals surface area contributed by atoms with Crippen molar-refractivity contribution in [2.24, 2.45) is 0 Å². The first-order chi connectivity index (χ1) is 11.1. The first-order valence-electron chi connectivity index (χ1n) is 7.46. The van der Waals surface area contributed by atoms with Gasteiger partial charge >= 0.3 is 6.61 Å². The summed E-state index contributed by atoms with van der Waals surface area (Å²) in [5, 5.41) is 2.88. The maximum atomic E-state index is 12.3. The number of carbonyl (C=O) groups is 1. The van der Waals surface area contributed by atoms with Crippen LogP contribution in [0.2, 0.25) is 0 Å². The molecule has 0 radical (unpaired) electrons. The molecule has 3 nitrogen and oxygen atoms in total. The van der Waals surface area contributed by atoms with Crippen LogP contribution in [-0.2, 0) is 11.3 Å². The highest BCUT2D eigenvalue weighted by Crippen LogP contribution is 2.20. The van der Waals surface area contributed by atoms with E-state index in [1.54, 1.807) is 12.1 Å². The Balaban J connectivity index is 1.93. The molecule has 0 aliphatic heterocycles. The van der Waals surface area contributed by atoms with E-state index in [-0.39, 0.29) is 17.6 Å². The Morgan fingerprint density at radius 1 is 1.09 bits per heavy atom. The maximum Gasteiger partial charge on any atom is 0.387 e. The van der Waals surface area contributed by atoms with Gasteiger partial charge in [0.05, 0.1) is 5.92 Å². The Labute approximate surface area is 134 Å². The van der Waals surface area contributed by atoms with Crippen molar-refractivity contribution in [3.8, 4) is 5.75 Å². The predicted molar refractivity (Wildman–Crippen MR) is 84.4 cm³/mol. The third kappa shape index (κ3) is 5.06. The third-order valence-corrected chi connectivity index (χ3v) is 3.54. The molecule has 1 atom stereocenters. The number of amides is 1. The molecule has 0 aliphatic carbocycles. The topological polar surface area (TPSA) is 38.3 Å². The molecule has 1 N–H and O–H groups in total. The molecule has 1 unspecified atom stereocenters. The zero-order valence-corrected chi connectivity index (χ0v) is 12.8. The molecular weight excluding hydrogens is 300 g/mol. The number of hydrogen-bond donors (Lipinski definition) is 1. The summed E-state index contributed by atoms with van der Waals surface area (Å²) in [6.45, 7) is -0.526. The molecule has 0 heterocycles. The summed E-state index contributed by atoms with van der Waals surface area (Å²) in [4.78, 5) is 12.3. The average molecular weight is 319 g/mol. The van der Waals surface area contributed by atoms with Crippen molar-refractivity contribution in [1.29, 1.82) is 0 Å². The summed E-state index contributed by atoms with van der Waals surface area (Å²) in [5.74, 6) is -0.143. The molecule has 23 heavy (non-hydrogen) atoms. The van der Waals surface area contributed by atoms with Gasteiger partial charge in [0.1, 0.15) is 5.75 Å². The zero-order valence-electron chi connectivity index (χ0n) is 12.8. The van der Waals surface area contributed by atoms with Crippen LogP contribution in [-0.4, -0.2) is 12.5 Å². The summed E-state index contributed by atoms with van der Waals surface area (Å²) in [7, 11) is 0. The monoisotopic (exact) mass is 319 g/mol. The molecule has 122 valence electrons. The van der Waals surface area contributed by atoms with Gasteiger partial charge in [-0.3, -0.25) is 4.79 Å². The SMILES string of the molecule is CCC(C(=O)NCc1ccc(OC(F)F)cc1)c1ccccc1. The Hall–Kier alpha value is -2.43. The summed E-state index contributed by atoms with van der Waals surface area (Å²) < 4.78 is 28.5. The van der Waals surface area contributed by atoms with Crippen LogP contribution < -0.4 is 10.1 Å². The number of benzene rings is 2. The first kappa shape index (κ1) is 16.9. The van der Waals surface area contributed by atoms with Gasteiger partial charge in [-0.2, -0.15) is 8.78 Å². The lowest BCUT2D eigenvalue weighted by molar-refractivity contribution is -0.122. The van der Waals surface area contributed by atoms with Gasteiger partial charge < -0.3 is 10.1 Å². The van der Waals surface area contributed by atoms with Crippen molar-refractivity contribution >= 4 is 5.91 Å². The van der Waals surface area contributed by atoms with E-state index in [9.17, 15) is 13.6 Å². The Morgan fingerprint density at radius 3 is 2.30 bits per heavy atom. The Morgan fingerprint density at radius 2 is 1.74 bits per heavy atom. The maximum absolute atomic E-state index is 12.3. The van der Waals surface area contributed by atoms with Crippen LogP contribution in [0.25, 0.3) is 0 Å². The molecule has 0 aromatic heterocycles. The lowest BCUT2D eigenvalue weighted by Gasteiger charge is -2.15. The molecule has 5 heteroatoms. The quantitative estimate of drug-likeness (QED) is 0.834. The Kier molecular flexibility index (Phi) is 6.09. The van der Waals surface area contributed by atoms with Gasteiger partial charge in [0, 0.05) is 6.54 Å². The van der Waals surface area contributed by atoms with Crippen LogP contribution in [0.4, 0.5) is 8.78 Å². The van der Waals surface area contributed by atoms with E-state index < -0.39 is 6.61 Å². The van der Waals surface area contributed by atoms with Gasteiger partial charge in [0.2, 0.25) is 5.91 Å². The van der Waals surface area contributed by atoms with Gasteiger partial charge in [0.25, 0.3) is 0 Å². The Bertz CT molecular complexity index is 615. The molecule has 0 saturated heterocycles. The molecule has 0 saturated carbocycles. The second-order valence-electron chi connectivity index (χ2n) is 5.11. The standard InChI is InChI=1S/C18H19F2NO2/c1-2-16(14-6-4-3-5-7-14)17(22)21-12-13-8-10-15(11-9-13)23-18(19)20/h3-11,16,18H,2,12H2,1H3,(H,21,22). The van der Waals surface area contributed by atoms with Crippen LogP contribution in [0.3, 0.4) is 0 Å². The fraction of sp³-hybridized carbons (Fsp3) is 0.278. The normalized spacial score (nSPS) is 12.0. The van der Waals surface area contributed by atoms with Crippen molar-refractivity contribution < 1.29 is 18.3 Å². The van der Waals surface area contributed by atoms with E-state index >= 15 is 0 Å². The first-order valence-corrected chi connectivity index (χ1v) is 7.46. The number of nitrogens with one attached hydrogen (secondary N) is 1. The number of halogens is 2. The predicted octanol–water partition coefficient (Wildman–Crippen LogP) is 4.10. The van der Waals surface area contributed by atoms with Crippen LogP contribution in [0, 0.1) is 0 Å². The van der Waals surface area contributed by atoms with Crippen LogP contribution in [0.1, 0.15) is 30.4 Å². The fourth-order valence-corrected chi connectivity index (χ4v) is 2.36. The zero-order chi connectivity index (χ0) is 16.7. The summed E-state index contributed by atoms with van der Waals surface area (Å²) in [5.41, 5.74) is 1.80. The smallest absolute Gasteiger partial charge is 0.387 e. The number of ether oxygens (including phenoxy) is 1. The highest BCUT2D eigenvalue weighted by Gasteiger charge is 2.17. The van der Waals surface area contributed by atoms with E-state index in [1.807, 2.05) is 37.3 Å². The number of rotatable bonds is 7. The summed E-state index contributed by atoms with van der Waals surface area (Å²) in [6, 6.07) is 15.8. The molecule has 2 rings (SSSR count). The van der Waals surface area contributed by atoms with Crippen molar-refractivity contribution in [1.82, 2.24) is 5.32 Å². The van der Waals surface area contributed by atoms with E-state index in [4.69, 9.17) is 0 Å². The number of hydrogen-bond acceptors (Lipinski definition) is 2. The van der Waals surface area contributed by atoms with Crippen LogP contribution >= 0.6 is 0 Å². The lowest BCUT2D eigenvalue weighted by atomic mass is 9.95. The molecule has 2 aromatic rings. The van der Waals surface area contributed by atoms with Crippen molar-refractivity contribution in [2.75, 3.05) is 0 Å². The fourth-order valence-electron chi connectivity index (χ4n) is 2.36. The molecule has 2 aromatic carbocycles. The van der Waals surface area contributed by atoms with Gasteiger partial charge in [0.15, 0.2) is 0 Å². The van der Waals surface area contributed by atoms with Gasteiger partial charge in [-0.1, -0.05) is 49.4 Å². The summed E-state index contributed by atoms with van der Waals surface area (Å²) in [6.07, 6.45) is 0.705. The molecule has 0 aliphatic rings. The van der Waals surface area contributed by atoms with E-state index in [0.717, 1.165) is 11.1 Å². The largest absolute Gasteiger partial charge is 0.435 e. The average Bonchev–Trinajstić information content (AvgIpc) is 2.55. The third-order valence-electron chi connectivity index (χ3n) is 3.54. The van der Waals surface area contributed by atoms with Crippen molar-refractivity contribution in [3.05, 3.63) is 65.7 Å². The molecule has 0 bridgehead atoms. The van der Waals surface area contributed by atoms with Gasteiger partial charge in [-0.15, -0.1) is 0 Å². The summed E-state index contributed by atoms with van der Waals surface area (Å²) >= 11 is 0. The molecule has 0 fully saturated rings. The highest BCUT2D eigenvalue weighted by atomic mass is 19.3. The minimum absolute atomic E-state index is 0.0494. The number of alkyl halides is 2. The molecule has 0 spiro atoms. The van der Waals surface area contributed by atoms with E-state index in [1.165, 1.54) is 12.1 Å². The van der Waals surface area contributed by atoms with Crippen LogP contribution in [0.5, 0.6) is 5.75 Å². The van der Waals surface area contributed by atoms with E-state index in [2.05, 4.69) is 10.1 Å². The van der Waals surface area contributed by atoms with Crippen molar-refractivity contribution in [3.63, 3.8) is 0 Å². The minimum Gasteiger partial charge on any atom is -0.435 e. The van der Waals surface area contributed by atoms with Gasteiger partial charge in [-0.05, 0) is 29.7 Å². The van der Waals surface area contributed by atoms with Gasteiger partial charge in [-0.25, -0.2) is 0 Å². The lowest BCUT2D eigenvalue weighted by Crippen LogP contribution is -2.28. The number of carbonyl (C=O) groups excluding carboxylic acids is 1. The van der Waals surface area contributed by atoms with E-state index in [0.29, 0.717) is 13.0 Å². The molecule has 1 amide bonds. The second-order valence-corrected chi connectivity index (χ2v) is 5.11. The highest BCUT2D eigenvalue weighted by molar-refractivity contribution is 5.83. The molecular formula is C18H19F2NO2. The van der Waals surface area contributed by atoms with Crippen LogP contribution in [0.15, 0.2) is 54.6 Å².